The zero-order valence-corrected chi connectivity index (χ0v) is 17.8. The van der Waals surface area contributed by atoms with Crippen molar-refractivity contribution in [1.29, 1.82) is 0 Å². The number of sulfonamides is 1. The second kappa shape index (κ2) is 8.82. The van der Waals surface area contributed by atoms with Crippen molar-refractivity contribution in [3.05, 3.63) is 63.6 Å². The number of piperidine rings is 1. The van der Waals surface area contributed by atoms with Crippen LogP contribution in [0.15, 0.2) is 42.5 Å². The summed E-state index contributed by atoms with van der Waals surface area (Å²) in [6.07, 6.45) is 0.987. The first-order valence-corrected chi connectivity index (χ1v) is 11.4. The van der Waals surface area contributed by atoms with E-state index in [1.165, 1.54) is 4.31 Å². The van der Waals surface area contributed by atoms with Crippen LogP contribution in [0, 0.1) is 12.8 Å². The van der Waals surface area contributed by atoms with E-state index >= 15 is 0 Å². The molecule has 0 spiro atoms. The highest BCUT2D eigenvalue weighted by atomic mass is 35.5. The van der Waals surface area contributed by atoms with Gasteiger partial charge in [-0.05, 0) is 61.2 Å². The maximum atomic E-state index is 12.7. The summed E-state index contributed by atoms with van der Waals surface area (Å²) >= 11 is 11.9. The molecule has 2 aromatic rings. The Bertz CT molecular complexity index is 971. The number of nitrogens with one attached hydrogen (secondary N) is 1. The molecule has 3 rings (SSSR count). The Labute approximate surface area is 175 Å². The fourth-order valence-electron chi connectivity index (χ4n) is 3.33. The Morgan fingerprint density at radius 3 is 2.43 bits per heavy atom. The standard InChI is InChI=1S/C20H22Cl2N2O3S/c1-14-11-18(22)5-6-19(14)23-20(25)16-7-9-24(10-8-16)28(26,27)13-15-3-2-4-17(21)12-15/h2-6,11-12,16H,7-10,13H2,1H3,(H,23,25). The van der Waals surface area contributed by atoms with Crippen molar-refractivity contribution in [3.63, 3.8) is 0 Å². The van der Waals surface area contributed by atoms with Gasteiger partial charge in [-0.15, -0.1) is 0 Å². The average molecular weight is 441 g/mol. The van der Waals surface area contributed by atoms with E-state index < -0.39 is 10.0 Å². The van der Waals surface area contributed by atoms with Gasteiger partial charge >= 0.3 is 0 Å². The first kappa shape index (κ1) is 21.1. The normalized spacial score (nSPS) is 16.1. The molecule has 1 amide bonds. The molecule has 0 saturated carbocycles. The molecule has 1 fully saturated rings. The molecule has 0 bridgehead atoms. The maximum Gasteiger partial charge on any atom is 0.227 e. The molecule has 28 heavy (non-hydrogen) atoms. The van der Waals surface area contributed by atoms with E-state index in [2.05, 4.69) is 5.32 Å². The summed E-state index contributed by atoms with van der Waals surface area (Å²) in [7, 11) is -3.44. The minimum atomic E-state index is -3.44. The lowest BCUT2D eigenvalue weighted by molar-refractivity contribution is -0.120. The second-order valence-electron chi connectivity index (χ2n) is 7.01. The van der Waals surface area contributed by atoms with Crippen molar-refractivity contribution in [2.75, 3.05) is 18.4 Å². The van der Waals surface area contributed by atoms with E-state index in [4.69, 9.17) is 23.2 Å². The molecule has 0 atom stereocenters. The molecule has 150 valence electrons. The highest BCUT2D eigenvalue weighted by Crippen LogP contribution is 2.25. The van der Waals surface area contributed by atoms with Gasteiger partial charge in [0.1, 0.15) is 0 Å². The molecule has 1 aliphatic rings. The predicted molar refractivity (Wildman–Crippen MR) is 113 cm³/mol. The number of amides is 1. The number of nitrogens with zero attached hydrogens (tertiary/aromatic N) is 1. The lowest BCUT2D eigenvalue weighted by atomic mass is 9.97. The third-order valence-electron chi connectivity index (χ3n) is 4.90. The monoisotopic (exact) mass is 440 g/mol. The SMILES string of the molecule is Cc1cc(Cl)ccc1NC(=O)C1CCN(S(=O)(=O)Cc2cccc(Cl)c2)CC1. The topological polar surface area (TPSA) is 66.5 Å². The van der Waals surface area contributed by atoms with E-state index in [9.17, 15) is 13.2 Å². The molecule has 0 unspecified atom stereocenters. The number of carbonyl (C=O) groups is 1. The highest BCUT2D eigenvalue weighted by molar-refractivity contribution is 7.88. The smallest absolute Gasteiger partial charge is 0.227 e. The Balaban J connectivity index is 1.58. The molecule has 1 N–H and O–H groups in total. The third-order valence-corrected chi connectivity index (χ3v) is 7.22. The van der Waals surface area contributed by atoms with E-state index in [0.29, 0.717) is 41.5 Å². The molecular formula is C20H22Cl2N2O3S. The number of aryl methyl sites for hydroxylation is 1. The van der Waals surface area contributed by atoms with Gasteiger partial charge in [-0.25, -0.2) is 12.7 Å². The fourth-order valence-corrected chi connectivity index (χ4v) is 5.32. The highest BCUT2D eigenvalue weighted by Gasteiger charge is 2.31. The van der Waals surface area contributed by atoms with Crippen molar-refractivity contribution in [3.8, 4) is 0 Å². The van der Waals surface area contributed by atoms with Crippen LogP contribution in [0.1, 0.15) is 24.0 Å². The second-order valence-corrected chi connectivity index (χ2v) is 9.85. The molecule has 5 nitrogen and oxygen atoms in total. The van der Waals surface area contributed by atoms with Crippen LogP contribution in [0.3, 0.4) is 0 Å². The molecule has 2 aromatic carbocycles. The van der Waals surface area contributed by atoms with Gasteiger partial charge in [0.15, 0.2) is 0 Å². The summed E-state index contributed by atoms with van der Waals surface area (Å²) in [5, 5.41) is 4.06. The number of carbonyl (C=O) groups excluding carboxylic acids is 1. The lowest BCUT2D eigenvalue weighted by Gasteiger charge is -2.30. The number of hydrogen-bond acceptors (Lipinski definition) is 3. The van der Waals surface area contributed by atoms with Gasteiger partial charge in [0.05, 0.1) is 5.75 Å². The van der Waals surface area contributed by atoms with Crippen molar-refractivity contribution in [1.82, 2.24) is 4.31 Å². The van der Waals surface area contributed by atoms with Crippen LogP contribution in [-0.2, 0) is 20.6 Å². The van der Waals surface area contributed by atoms with E-state index in [1.807, 2.05) is 6.92 Å². The average Bonchev–Trinajstić information content (AvgIpc) is 2.64. The summed E-state index contributed by atoms with van der Waals surface area (Å²) < 4.78 is 26.8. The van der Waals surface area contributed by atoms with Crippen LogP contribution in [0.25, 0.3) is 0 Å². The van der Waals surface area contributed by atoms with Gasteiger partial charge in [0.25, 0.3) is 0 Å². The molecule has 8 heteroatoms. The van der Waals surface area contributed by atoms with Gasteiger partial charge in [-0.2, -0.15) is 0 Å². The predicted octanol–water partition coefficient (Wildman–Crippen LogP) is 4.48. The lowest BCUT2D eigenvalue weighted by Crippen LogP contribution is -2.41. The number of rotatable bonds is 5. The maximum absolute atomic E-state index is 12.7. The van der Waals surface area contributed by atoms with E-state index in [-0.39, 0.29) is 17.6 Å². The van der Waals surface area contributed by atoms with Gasteiger partial charge in [-0.1, -0.05) is 35.3 Å². The number of benzene rings is 2. The zero-order chi connectivity index (χ0) is 20.3. The Morgan fingerprint density at radius 1 is 1.11 bits per heavy atom. The molecule has 1 heterocycles. The third kappa shape index (κ3) is 5.26. The molecule has 0 aliphatic carbocycles. The Kier molecular flexibility index (Phi) is 6.65. The Hall–Kier alpha value is -1.60. The number of hydrogen-bond donors (Lipinski definition) is 1. The van der Waals surface area contributed by atoms with Crippen LogP contribution < -0.4 is 5.32 Å². The summed E-state index contributed by atoms with van der Waals surface area (Å²) in [6.45, 7) is 2.55. The van der Waals surface area contributed by atoms with Crippen LogP contribution in [0.2, 0.25) is 10.0 Å². The first-order chi connectivity index (χ1) is 13.2. The van der Waals surface area contributed by atoms with Crippen molar-refractivity contribution < 1.29 is 13.2 Å². The quantitative estimate of drug-likeness (QED) is 0.744. The van der Waals surface area contributed by atoms with Crippen molar-refractivity contribution >= 4 is 44.8 Å². The van der Waals surface area contributed by atoms with Crippen LogP contribution in [0.5, 0.6) is 0 Å². The number of anilines is 1. The molecule has 1 aliphatic heterocycles. The summed E-state index contributed by atoms with van der Waals surface area (Å²) in [5.74, 6) is -0.390. The summed E-state index contributed by atoms with van der Waals surface area (Å²) in [6, 6.07) is 12.2. The molecule has 1 saturated heterocycles. The van der Waals surface area contributed by atoms with Crippen LogP contribution in [0.4, 0.5) is 5.69 Å². The molecule has 0 aromatic heterocycles. The van der Waals surface area contributed by atoms with Gasteiger partial charge < -0.3 is 5.32 Å². The largest absolute Gasteiger partial charge is 0.326 e. The summed E-state index contributed by atoms with van der Waals surface area (Å²) in [4.78, 5) is 12.6. The number of halogens is 2. The van der Waals surface area contributed by atoms with Gasteiger partial charge in [-0.3, -0.25) is 4.79 Å². The fraction of sp³-hybridized carbons (Fsp3) is 0.350. The minimum Gasteiger partial charge on any atom is -0.326 e. The van der Waals surface area contributed by atoms with Crippen LogP contribution >= 0.6 is 23.2 Å². The van der Waals surface area contributed by atoms with Crippen molar-refractivity contribution in [2.45, 2.75) is 25.5 Å². The van der Waals surface area contributed by atoms with E-state index in [0.717, 1.165) is 11.3 Å². The molecule has 0 radical (unpaired) electrons. The minimum absolute atomic E-state index is 0.0858. The molecular weight excluding hydrogens is 419 g/mol. The first-order valence-electron chi connectivity index (χ1n) is 9.04. The zero-order valence-electron chi connectivity index (χ0n) is 15.5. The summed E-state index contributed by atoms with van der Waals surface area (Å²) in [5.41, 5.74) is 2.28. The van der Waals surface area contributed by atoms with Crippen LogP contribution in [-0.4, -0.2) is 31.7 Å². The van der Waals surface area contributed by atoms with E-state index in [1.54, 1.807) is 42.5 Å². The van der Waals surface area contributed by atoms with Crippen molar-refractivity contribution in [2.24, 2.45) is 5.92 Å². The van der Waals surface area contributed by atoms with Gasteiger partial charge in [0, 0.05) is 34.7 Å². The Morgan fingerprint density at radius 2 is 1.79 bits per heavy atom. The van der Waals surface area contributed by atoms with Gasteiger partial charge in [0.2, 0.25) is 15.9 Å².